The van der Waals surface area contributed by atoms with Crippen molar-refractivity contribution in [3.63, 3.8) is 0 Å². The van der Waals surface area contributed by atoms with Gasteiger partial charge in [-0.1, -0.05) is 15.9 Å². The molecule has 0 heterocycles. The minimum Gasteiger partial charge on any atom is -0.289 e. The van der Waals surface area contributed by atoms with Crippen molar-refractivity contribution >= 4 is 43.4 Å². The van der Waals surface area contributed by atoms with Gasteiger partial charge in [0, 0.05) is 21.7 Å². The van der Waals surface area contributed by atoms with E-state index in [0.717, 1.165) is 4.47 Å². The van der Waals surface area contributed by atoms with Crippen molar-refractivity contribution in [2.75, 3.05) is 0 Å². The standard InChI is InChI=1S/C10H4Br2O2/c11-5-1-2-6-7(3-5)10(14)8(12)4-9(6)13/h1-4H. The van der Waals surface area contributed by atoms with Gasteiger partial charge in [-0.15, -0.1) is 0 Å². The molecule has 0 aromatic heterocycles. The van der Waals surface area contributed by atoms with Crippen molar-refractivity contribution < 1.29 is 9.59 Å². The van der Waals surface area contributed by atoms with Crippen molar-refractivity contribution in [3.05, 3.63) is 44.4 Å². The summed E-state index contributed by atoms with van der Waals surface area (Å²) in [6, 6.07) is 5.05. The maximum atomic E-state index is 11.6. The Hall–Kier alpha value is -0.740. The van der Waals surface area contributed by atoms with E-state index < -0.39 is 0 Å². The summed E-state index contributed by atoms with van der Waals surface area (Å²) in [6.45, 7) is 0. The summed E-state index contributed by atoms with van der Waals surface area (Å²) in [6.07, 6.45) is 1.30. The number of hydrogen-bond donors (Lipinski definition) is 0. The Morgan fingerprint density at radius 1 is 1.00 bits per heavy atom. The highest BCUT2D eigenvalue weighted by atomic mass is 79.9. The van der Waals surface area contributed by atoms with Crippen molar-refractivity contribution in [3.8, 4) is 0 Å². The molecule has 0 spiro atoms. The van der Waals surface area contributed by atoms with E-state index in [1.807, 2.05) is 0 Å². The molecule has 0 amide bonds. The first-order chi connectivity index (χ1) is 6.59. The van der Waals surface area contributed by atoms with Gasteiger partial charge in [-0.2, -0.15) is 0 Å². The second-order valence-corrected chi connectivity index (χ2v) is 4.65. The summed E-state index contributed by atoms with van der Waals surface area (Å²) in [5.74, 6) is -0.292. The summed E-state index contributed by atoms with van der Waals surface area (Å²) >= 11 is 6.32. The third-order valence-electron chi connectivity index (χ3n) is 1.97. The Kier molecular flexibility index (Phi) is 2.41. The third-order valence-corrected chi connectivity index (χ3v) is 3.05. The van der Waals surface area contributed by atoms with Crippen LogP contribution in [-0.4, -0.2) is 11.6 Å². The zero-order chi connectivity index (χ0) is 10.3. The highest BCUT2D eigenvalue weighted by molar-refractivity contribution is 9.12. The van der Waals surface area contributed by atoms with Crippen LogP contribution in [0.4, 0.5) is 0 Å². The van der Waals surface area contributed by atoms with Crippen molar-refractivity contribution in [2.45, 2.75) is 0 Å². The van der Waals surface area contributed by atoms with E-state index in [-0.39, 0.29) is 11.6 Å². The number of benzene rings is 1. The first-order valence-corrected chi connectivity index (χ1v) is 5.44. The van der Waals surface area contributed by atoms with Gasteiger partial charge in [0.05, 0.1) is 4.48 Å². The van der Waals surface area contributed by atoms with Crippen molar-refractivity contribution in [2.24, 2.45) is 0 Å². The number of carbonyl (C=O) groups is 2. The van der Waals surface area contributed by atoms with E-state index in [0.29, 0.717) is 15.6 Å². The van der Waals surface area contributed by atoms with Gasteiger partial charge in [-0.25, -0.2) is 0 Å². The van der Waals surface area contributed by atoms with Crippen LogP contribution in [0.1, 0.15) is 20.7 Å². The van der Waals surface area contributed by atoms with E-state index in [1.165, 1.54) is 6.08 Å². The van der Waals surface area contributed by atoms with Crippen LogP contribution >= 0.6 is 31.9 Å². The van der Waals surface area contributed by atoms with Gasteiger partial charge in [-0.05, 0) is 34.1 Å². The molecule has 0 bridgehead atoms. The molecule has 0 aliphatic heterocycles. The lowest BCUT2D eigenvalue weighted by Gasteiger charge is -2.11. The van der Waals surface area contributed by atoms with Gasteiger partial charge in [0.2, 0.25) is 5.78 Å². The minimum absolute atomic E-state index is 0.140. The summed E-state index contributed by atoms with van der Waals surface area (Å²) in [5.41, 5.74) is 0.903. The Morgan fingerprint density at radius 2 is 1.71 bits per heavy atom. The second kappa shape index (κ2) is 3.44. The SMILES string of the molecule is O=C1C=C(Br)C(=O)c2cc(Br)ccc21. The molecule has 2 nitrogen and oxygen atoms in total. The molecule has 1 aliphatic rings. The molecule has 0 unspecified atom stereocenters. The fourth-order valence-corrected chi connectivity index (χ4v) is 2.09. The van der Waals surface area contributed by atoms with Crippen LogP contribution < -0.4 is 0 Å². The molecule has 0 atom stereocenters. The van der Waals surface area contributed by atoms with Gasteiger partial charge in [0.25, 0.3) is 0 Å². The number of carbonyl (C=O) groups excluding carboxylic acids is 2. The van der Waals surface area contributed by atoms with E-state index in [1.54, 1.807) is 18.2 Å². The second-order valence-electron chi connectivity index (χ2n) is 2.88. The number of hydrogen-bond acceptors (Lipinski definition) is 2. The molecule has 14 heavy (non-hydrogen) atoms. The minimum atomic E-state index is -0.152. The third kappa shape index (κ3) is 1.48. The summed E-state index contributed by atoms with van der Waals surface area (Å²) in [7, 11) is 0. The molecule has 0 saturated heterocycles. The van der Waals surface area contributed by atoms with E-state index >= 15 is 0 Å². The Bertz CT molecular complexity index is 475. The van der Waals surface area contributed by atoms with Gasteiger partial charge in [-0.3, -0.25) is 9.59 Å². The molecule has 1 aromatic carbocycles. The zero-order valence-corrected chi connectivity index (χ0v) is 10.1. The fourth-order valence-electron chi connectivity index (χ4n) is 1.31. The average molecular weight is 316 g/mol. The summed E-state index contributed by atoms with van der Waals surface area (Å²) < 4.78 is 1.10. The first-order valence-electron chi connectivity index (χ1n) is 3.85. The Balaban J connectivity index is 2.69. The number of fused-ring (bicyclic) bond motifs is 1. The van der Waals surface area contributed by atoms with Gasteiger partial charge < -0.3 is 0 Å². The lowest BCUT2D eigenvalue weighted by atomic mass is 9.95. The molecular weight excluding hydrogens is 312 g/mol. The monoisotopic (exact) mass is 314 g/mol. The maximum absolute atomic E-state index is 11.6. The summed E-state index contributed by atoms with van der Waals surface area (Å²) in [4.78, 5) is 23.1. The van der Waals surface area contributed by atoms with E-state index in [2.05, 4.69) is 31.9 Å². The fraction of sp³-hybridized carbons (Fsp3) is 0. The molecule has 1 aromatic rings. The van der Waals surface area contributed by atoms with Crippen LogP contribution in [0.3, 0.4) is 0 Å². The van der Waals surface area contributed by atoms with Crippen molar-refractivity contribution in [1.82, 2.24) is 0 Å². The molecule has 0 fully saturated rings. The summed E-state index contributed by atoms with van der Waals surface area (Å²) in [5, 5.41) is 0. The van der Waals surface area contributed by atoms with Crippen LogP contribution in [0, 0.1) is 0 Å². The van der Waals surface area contributed by atoms with Crippen LogP contribution in [0.15, 0.2) is 33.2 Å². The predicted molar refractivity (Wildman–Crippen MR) is 59.8 cm³/mol. The lowest BCUT2D eigenvalue weighted by Crippen LogP contribution is -2.14. The number of Topliss-reactive ketones (excluding diaryl/α,β-unsaturated/α-hetero) is 1. The number of halogens is 2. The quantitative estimate of drug-likeness (QED) is 0.737. The van der Waals surface area contributed by atoms with Crippen LogP contribution in [-0.2, 0) is 0 Å². The van der Waals surface area contributed by atoms with Crippen LogP contribution in [0.2, 0.25) is 0 Å². The molecule has 4 heteroatoms. The van der Waals surface area contributed by atoms with Crippen LogP contribution in [0.5, 0.6) is 0 Å². The molecule has 1 aliphatic carbocycles. The predicted octanol–water partition coefficient (Wildman–Crippen LogP) is 3.11. The highest BCUT2D eigenvalue weighted by Gasteiger charge is 2.23. The zero-order valence-electron chi connectivity index (χ0n) is 6.88. The van der Waals surface area contributed by atoms with Gasteiger partial charge in [0.15, 0.2) is 5.78 Å². The Labute approximate surface area is 97.3 Å². The number of allylic oxidation sites excluding steroid dienone is 2. The molecule has 0 radical (unpaired) electrons. The lowest BCUT2D eigenvalue weighted by molar-refractivity contribution is 0.0992. The largest absolute Gasteiger partial charge is 0.289 e. The van der Waals surface area contributed by atoms with Gasteiger partial charge >= 0.3 is 0 Å². The number of ketones is 2. The smallest absolute Gasteiger partial charge is 0.200 e. The van der Waals surface area contributed by atoms with Crippen molar-refractivity contribution in [1.29, 1.82) is 0 Å². The normalized spacial score (nSPS) is 15.1. The van der Waals surface area contributed by atoms with Gasteiger partial charge in [0.1, 0.15) is 0 Å². The topological polar surface area (TPSA) is 34.1 Å². The molecule has 2 rings (SSSR count). The molecule has 70 valence electrons. The maximum Gasteiger partial charge on any atom is 0.200 e. The van der Waals surface area contributed by atoms with Crippen LogP contribution in [0.25, 0.3) is 0 Å². The Morgan fingerprint density at radius 3 is 2.43 bits per heavy atom. The highest BCUT2D eigenvalue weighted by Crippen LogP contribution is 2.26. The molecule has 0 saturated carbocycles. The average Bonchev–Trinajstić information content (AvgIpc) is 2.14. The first kappa shape index (κ1) is 9.80. The van der Waals surface area contributed by atoms with E-state index in [4.69, 9.17) is 0 Å². The molecular formula is C10H4Br2O2. The number of rotatable bonds is 0. The van der Waals surface area contributed by atoms with E-state index in [9.17, 15) is 9.59 Å². The molecule has 0 N–H and O–H groups in total.